The molecule has 0 saturated carbocycles. The van der Waals surface area contributed by atoms with E-state index in [2.05, 4.69) is 14.5 Å². The zero-order chi connectivity index (χ0) is 18.0. The van der Waals surface area contributed by atoms with Crippen LogP contribution in [0.15, 0.2) is 12.4 Å². The zero-order valence-corrected chi connectivity index (χ0v) is 15.5. The topological polar surface area (TPSA) is 61.7 Å². The van der Waals surface area contributed by atoms with Crippen molar-refractivity contribution in [2.45, 2.75) is 25.2 Å². The molecule has 138 valence electrons. The predicted octanol–water partition coefficient (Wildman–Crippen LogP) is 0.536. The molecule has 1 aromatic heterocycles. The van der Waals surface area contributed by atoms with E-state index >= 15 is 0 Å². The van der Waals surface area contributed by atoms with Crippen molar-refractivity contribution in [3.63, 3.8) is 0 Å². The molecular formula is C18H29N5O2. The Bertz CT molecular complexity index is 619. The van der Waals surface area contributed by atoms with E-state index in [9.17, 15) is 9.59 Å². The number of likely N-dealkylation sites (tertiary alicyclic amines) is 2. The molecule has 2 amide bonds. The first kappa shape index (κ1) is 17.9. The molecular weight excluding hydrogens is 318 g/mol. The molecule has 0 bridgehead atoms. The normalized spacial score (nSPS) is 22.2. The van der Waals surface area contributed by atoms with Gasteiger partial charge in [-0.05, 0) is 26.9 Å². The van der Waals surface area contributed by atoms with E-state index in [1.165, 1.54) is 0 Å². The highest BCUT2D eigenvalue weighted by Crippen LogP contribution is 2.28. The quantitative estimate of drug-likeness (QED) is 0.780. The monoisotopic (exact) mass is 347 g/mol. The molecule has 2 aliphatic rings. The number of carbonyl (C=O) groups excluding carboxylic acids is 2. The Morgan fingerprint density at radius 1 is 1.32 bits per heavy atom. The van der Waals surface area contributed by atoms with Crippen LogP contribution in [-0.2, 0) is 16.6 Å². The number of piperidine rings is 1. The molecule has 2 saturated heterocycles. The van der Waals surface area contributed by atoms with Crippen molar-refractivity contribution < 1.29 is 9.59 Å². The molecule has 0 N–H and O–H groups in total. The van der Waals surface area contributed by atoms with Crippen molar-refractivity contribution in [2.75, 3.05) is 46.8 Å². The van der Waals surface area contributed by atoms with Gasteiger partial charge in [-0.2, -0.15) is 0 Å². The van der Waals surface area contributed by atoms with E-state index in [4.69, 9.17) is 0 Å². The molecule has 0 spiro atoms. The summed E-state index contributed by atoms with van der Waals surface area (Å²) in [6, 6.07) is 0. The third-order valence-corrected chi connectivity index (χ3v) is 5.41. The molecule has 2 fully saturated rings. The van der Waals surface area contributed by atoms with Crippen LogP contribution in [0.4, 0.5) is 0 Å². The summed E-state index contributed by atoms with van der Waals surface area (Å²) in [6.45, 7) is 3.64. The standard InChI is InChI=1S/C18H29N5O2/c1-20(2)10-11-23-13-15(12-16(23)24)18(25)22-7-4-14(5-8-22)17-19-6-9-21(17)3/h6,9,14-15H,4-5,7-8,10-13H2,1-3H3/t15-/m0/s1. The molecule has 0 aromatic carbocycles. The Morgan fingerprint density at radius 2 is 2.04 bits per heavy atom. The molecule has 7 heteroatoms. The lowest BCUT2D eigenvalue weighted by Crippen LogP contribution is -2.42. The highest BCUT2D eigenvalue weighted by molar-refractivity contribution is 5.89. The Hall–Kier alpha value is -1.89. The summed E-state index contributed by atoms with van der Waals surface area (Å²) in [5.74, 6) is 1.63. The first-order valence-electron chi connectivity index (χ1n) is 9.14. The van der Waals surface area contributed by atoms with E-state index in [0.29, 0.717) is 25.4 Å². The second kappa shape index (κ2) is 7.56. The van der Waals surface area contributed by atoms with Gasteiger partial charge in [0, 0.05) is 64.5 Å². The van der Waals surface area contributed by atoms with Gasteiger partial charge in [-0.1, -0.05) is 0 Å². The van der Waals surface area contributed by atoms with Gasteiger partial charge < -0.3 is 19.3 Å². The van der Waals surface area contributed by atoms with Crippen LogP contribution in [0.2, 0.25) is 0 Å². The van der Waals surface area contributed by atoms with Crippen LogP contribution in [0.5, 0.6) is 0 Å². The number of imidazole rings is 1. The lowest BCUT2D eigenvalue weighted by molar-refractivity contribution is -0.136. The summed E-state index contributed by atoms with van der Waals surface area (Å²) in [7, 11) is 6.01. The van der Waals surface area contributed by atoms with E-state index in [-0.39, 0.29) is 17.7 Å². The maximum absolute atomic E-state index is 12.8. The Kier molecular flexibility index (Phi) is 5.42. The van der Waals surface area contributed by atoms with Crippen LogP contribution >= 0.6 is 0 Å². The molecule has 0 unspecified atom stereocenters. The summed E-state index contributed by atoms with van der Waals surface area (Å²) < 4.78 is 2.07. The lowest BCUT2D eigenvalue weighted by Gasteiger charge is -2.33. The fraction of sp³-hybridized carbons (Fsp3) is 0.722. The molecule has 7 nitrogen and oxygen atoms in total. The van der Waals surface area contributed by atoms with Gasteiger partial charge in [0.05, 0.1) is 5.92 Å². The molecule has 0 aliphatic carbocycles. The average molecular weight is 347 g/mol. The van der Waals surface area contributed by atoms with E-state index in [0.717, 1.165) is 38.3 Å². The molecule has 2 aliphatic heterocycles. The largest absolute Gasteiger partial charge is 0.342 e. The summed E-state index contributed by atoms with van der Waals surface area (Å²) in [6.07, 6.45) is 6.06. The minimum Gasteiger partial charge on any atom is -0.342 e. The Labute approximate surface area is 149 Å². The van der Waals surface area contributed by atoms with Crippen molar-refractivity contribution >= 4 is 11.8 Å². The van der Waals surface area contributed by atoms with Gasteiger partial charge in [0.25, 0.3) is 0 Å². The number of likely N-dealkylation sites (N-methyl/N-ethyl adjacent to an activating group) is 1. The van der Waals surface area contributed by atoms with Gasteiger partial charge in [-0.15, -0.1) is 0 Å². The van der Waals surface area contributed by atoms with Crippen molar-refractivity contribution in [1.29, 1.82) is 0 Å². The van der Waals surface area contributed by atoms with Crippen molar-refractivity contribution in [3.05, 3.63) is 18.2 Å². The number of amides is 2. The van der Waals surface area contributed by atoms with Crippen LogP contribution in [0.25, 0.3) is 0 Å². The van der Waals surface area contributed by atoms with Gasteiger partial charge in [0.15, 0.2) is 0 Å². The third kappa shape index (κ3) is 4.03. The first-order valence-corrected chi connectivity index (χ1v) is 9.14. The molecule has 0 radical (unpaired) electrons. The van der Waals surface area contributed by atoms with Crippen LogP contribution in [0.1, 0.15) is 31.0 Å². The Balaban J connectivity index is 1.51. The van der Waals surface area contributed by atoms with E-state index < -0.39 is 0 Å². The Morgan fingerprint density at radius 3 is 2.64 bits per heavy atom. The fourth-order valence-electron chi connectivity index (χ4n) is 3.86. The second-order valence-electron chi connectivity index (χ2n) is 7.54. The number of aromatic nitrogens is 2. The van der Waals surface area contributed by atoms with Crippen LogP contribution in [-0.4, -0.2) is 82.9 Å². The maximum atomic E-state index is 12.8. The number of rotatable bonds is 5. The number of aryl methyl sites for hydroxylation is 1. The molecule has 3 rings (SSSR count). The van der Waals surface area contributed by atoms with Gasteiger partial charge in [0.2, 0.25) is 11.8 Å². The minimum absolute atomic E-state index is 0.114. The lowest BCUT2D eigenvalue weighted by atomic mass is 9.94. The van der Waals surface area contributed by atoms with Gasteiger partial charge >= 0.3 is 0 Å². The van der Waals surface area contributed by atoms with Crippen LogP contribution in [0, 0.1) is 5.92 Å². The average Bonchev–Trinajstić information content (AvgIpc) is 3.18. The third-order valence-electron chi connectivity index (χ3n) is 5.41. The van der Waals surface area contributed by atoms with Gasteiger partial charge in [-0.25, -0.2) is 4.98 Å². The highest BCUT2D eigenvalue weighted by atomic mass is 16.2. The SMILES string of the molecule is CN(C)CCN1C[C@@H](C(=O)N2CCC(c3nccn3C)CC2)CC1=O. The van der Waals surface area contributed by atoms with Crippen molar-refractivity contribution in [1.82, 2.24) is 24.3 Å². The molecule has 1 aromatic rings. The van der Waals surface area contributed by atoms with E-state index in [1.807, 2.05) is 43.3 Å². The summed E-state index contributed by atoms with van der Waals surface area (Å²) >= 11 is 0. The molecule has 3 heterocycles. The number of nitrogens with zero attached hydrogens (tertiary/aromatic N) is 5. The first-order chi connectivity index (χ1) is 12.0. The summed E-state index contributed by atoms with van der Waals surface area (Å²) in [5.41, 5.74) is 0. The van der Waals surface area contributed by atoms with E-state index in [1.54, 1.807) is 0 Å². The summed E-state index contributed by atoms with van der Waals surface area (Å²) in [4.78, 5) is 35.3. The van der Waals surface area contributed by atoms with Crippen molar-refractivity contribution in [2.24, 2.45) is 13.0 Å². The maximum Gasteiger partial charge on any atom is 0.227 e. The molecule has 25 heavy (non-hydrogen) atoms. The predicted molar refractivity (Wildman–Crippen MR) is 95.0 cm³/mol. The summed E-state index contributed by atoms with van der Waals surface area (Å²) in [5, 5.41) is 0. The van der Waals surface area contributed by atoms with Crippen LogP contribution in [0.3, 0.4) is 0 Å². The van der Waals surface area contributed by atoms with Crippen LogP contribution < -0.4 is 0 Å². The van der Waals surface area contributed by atoms with Crippen molar-refractivity contribution in [3.8, 4) is 0 Å². The zero-order valence-electron chi connectivity index (χ0n) is 15.5. The number of carbonyl (C=O) groups is 2. The molecule has 1 atom stereocenters. The highest BCUT2D eigenvalue weighted by Gasteiger charge is 2.37. The number of hydrogen-bond donors (Lipinski definition) is 0. The number of hydrogen-bond acceptors (Lipinski definition) is 4. The van der Waals surface area contributed by atoms with Gasteiger partial charge in [0.1, 0.15) is 5.82 Å². The van der Waals surface area contributed by atoms with Gasteiger partial charge in [-0.3, -0.25) is 9.59 Å². The second-order valence-corrected chi connectivity index (χ2v) is 7.54. The fourth-order valence-corrected chi connectivity index (χ4v) is 3.86. The minimum atomic E-state index is -0.167. The smallest absolute Gasteiger partial charge is 0.227 e.